The Balaban J connectivity index is 1.31. The highest BCUT2D eigenvalue weighted by Gasteiger charge is 2.39. The Kier molecular flexibility index (Phi) is 4.64. The summed E-state index contributed by atoms with van der Waals surface area (Å²) in [7, 11) is -1.95. The molecule has 10 nitrogen and oxygen atoms in total. The Morgan fingerprint density at radius 3 is 2.41 bits per heavy atom. The molecule has 0 saturated carbocycles. The second-order valence-electron chi connectivity index (χ2n) is 8.29. The van der Waals surface area contributed by atoms with Gasteiger partial charge in [0.2, 0.25) is 5.91 Å². The van der Waals surface area contributed by atoms with Crippen molar-refractivity contribution in [1.29, 1.82) is 0 Å². The van der Waals surface area contributed by atoms with Gasteiger partial charge in [-0.15, -0.1) is 0 Å². The summed E-state index contributed by atoms with van der Waals surface area (Å²) in [5.74, 6) is -0.159. The van der Waals surface area contributed by atoms with E-state index >= 15 is 0 Å². The molecule has 4 heterocycles. The molecule has 0 spiro atoms. The van der Waals surface area contributed by atoms with Gasteiger partial charge in [0.05, 0.1) is 5.52 Å². The number of aromatic nitrogens is 3. The minimum absolute atomic E-state index is 0.0337. The topological polar surface area (TPSA) is 111 Å². The highest BCUT2D eigenvalue weighted by Crippen LogP contribution is 2.31. The van der Waals surface area contributed by atoms with E-state index in [1.54, 1.807) is 54.6 Å². The Morgan fingerprint density at radius 2 is 1.78 bits per heavy atom. The summed E-state index contributed by atoms with van der Waals surface area (Å²) in [6.45, 7) is 4.59. The third kappa shape index (κ3) is 3.11. The van der Waals surface area contributed by atoms with Crippen LogP contribution in [0.3, 0.4) is 0 Å². The van der Waals surface area contributed by atoms with Gasteiger partial charge in [0.25, 0.3) is 10.0 Å². The van der Waals surface area contributed by atoms with E-state index in [4.69, 9.17) is 4.42 Å². The molecule has 2 aliphatic rings. The maximum absolute atomic E-state index is 13.2. The zero-order valence-electron chi connectivity index (χ0n) is 18.0. The van der Waals surface area contributed by atoms with Crippen LogP contribution in [-0.4, -0.2) is 63.8 Å². The molecule has 0 fully saturated rings. The largest absolute Gasteiger partial charge is 0.420 e. The molecule has 1 aromatic carbocycles. The van der Waals surface area contributed by atoms with Crippen LogP contribution < -0.4 is 5.76 Å². The van der Waals surface area contributed by atoms with Crippen LogP contribution in [0.1, 0.15) is 18.8 Å². The molecule has 0 N–H and O–H groups in total. The molecular weight excluding hydrogens is 434 g/mol. The number of amides is 1. The number of hydrogen-bond acceptors (Lipinski definition) is 6. The van der Waals surface area contributed by atoms with E-state index in [2.05, 4.69) is 4.98 Å². The number of para-hydroxylation sites is 2. The number of aryl methyl sites for hydroxylation is 2. The lowest BCUT2D eigenvalue weighted by molar-refractivity contribution is -0.133. The normalized spacial score (nSPS) is 18.0. The maximum Gasteiger partial charge on any atom is 0.420 e. The Bertz CT molecular complexity index is 1410. The van der Waals surface area contributed by atoms with Crippen molar-refractivity contribution >= 4 is 27.0 Å². The van der Waals surface area contributed by atoms with Crippen LogP contribution >= 0.6 is 0 Å². The first kappa shape index (κ1) is 20.7. The molecule has 3 aromatic rings. The monoisotopic (exact) mass is 457 g/mol. The number of imidazole rings is 1. The van der Waals surface area contributed by atoms with Crippen molar-refractivity contribution in [2.45, 2.75) is 24.9 Å². The van der Waals surface area contributed by atoms with Gasteiger partial charge in [-0.2, -0.15) is 4.31 Å². The van der Waals surface area contributed by atoms with Gasteiger partial charge in [0.1, 0.15) is 11.9 Å². The molecular formula is C21H23N5O5S. The van der Waals surface area contributed by atoms with E-state index in [9.17, 15) is 18.0 Å². The van der Waals surface area contributed by atoms with Crippen LogP contribution in [0.5, 0.6) is 0 Å². The van der Waals surface area contributed by atoms with Gasteiger partial charge in [-0.3, -0.25) is 9.36 Å². The summed E-state index contributed by atoms with van der Waals surface area (Å²) in [5.41, 5.74) is 2.85. The molecule has 0 aliphatic carbocycles. The third-order valence-corrected chi connectivity index (χ3v) is 7.93. The van der Waals surface area contributed by atoms with Crippen molar-refractivity contribution in [2.24, 2.45) is 7.05 Å². The Labute approximate surface area is 184 Å². The van der Waals surface area contributed by atoms with E-state index in [-0.39, 0.29) is 24.0 Å². The molecule has 11 heteroatoms. The van der Waals surface area contributed by atoms with Gasteiger partial charge in [-0.1, -0.05) is 12.1 Å². The fourth-order valence-electron chi connectivity index (χ4n) is 4.38. The average molecular weight is 458 g/mol. The molecule has 32 heavy (non-hydrogen) atoms. The van der Waals surface area contributed by atoms with Crippen LogP contribution in [-0.2, 0) is 21.9 Å². The van der Waals surface area contributed by atoms with Gasteiger partial charge in [0.15, 0.2) is 10.6 Å². The number of sulfonamides is 1. The second kappa shape index (κ2) is 7.17. The summed E-state index contributed by atoms with van der Waals surface area (Å²) in [6.07, 6.45) is 1.51. The lowest BCUT2D eigenvalue weighted by Gasteiger charge is -2.24. The van der Waals surface area contributed by atoms with Gasteiger partial charge < -0.3 is 13.9 Å². The second-order valence-corrected chi connectivity index (χ2v) is 10.2. The summed E-state index contributed by atoms with van der Waals surface area (Å²) in [5, 5.41) is 0.0337. The van der Waals surface area contributed by atoms with E-state index in [0.29, 0.717) is 30.0 Å². The molecule has 5 rings (SSSR count). The van der Waals surface area contributed by atoms with Crippen molar-refractivity contribution in [3.8, 4) is 0 Å². The average Bonchev–Trinajstić information content (AvgIpc) is 3.48. The first-order valence-corrected chi connectivity index (χ1v) is 11.7. The lowest BCUT2D eigenvalue weighted by atomic mass is 10.2. The molecule has 1 atom stereocenters. The minimum Gasteiger partial charge on any atom is -0.408 e. The fraction of sp³-hybridized carbons (Fsp3) is 0.381. The number of hydrogen-bond donors (Lipinski definition) is 0. The number of carbonyl (C=O) groups is 1. The Hall–Kier alpha value is -3.18. The number of benzene rings is 1. The lowest BCUT2D eigenvalue weighted by Crippen LogP contribution is -2.40. The summed E-state index contributed by atoms with van der Waals surface area (Å²) >= 11 is 0. The summed E-state index contributed by atoms with van der Waals surface area (Å²) < 4.78 is 35.6. The van der Waals surface area contributed by atoms with Crippen LogP contribution in [0.15, 0.2) is 55.8 Å². The van der Waals surface area contributed by atoms with Crippen LogP contribution in [0, 0.1) is 6.92 Å². The highest BCUT2D eigenvalue weighted by atomic mass is 32.2. The molecule has 0 saturated heterocycles. The molecule has 1 amide bonds. The van der Waals surface area contributed by atoms with Crippen molar-refractivity contribution < 1.29 is 17.6 Å². The first-order chi connectivity index (χ1) is 15.2. The maximum atomic E-state index is 13.2. The SMILES string of the molecule is Cc1nc(S(=O)(=O)N2CC3=C(CN(C(=O)[C@@H](C)n4c(=O)oc5ccccc54)C3)C2)cn1C. The number of oxazole rings is 1. The molecule has 0 unspecified atom stereocenters. The molecule has 2 aromatic heterocycles. The number of rotatable bonds is 4. The van der Waals surface area contributed by atoms with Crippen LogP contribution in [0.2, 0.25) is 0 Å². The van der Waals surface area contributed by atoms with E-state index in [1.165, 1.54) is 15.1 Å². The molecule has 168 valence electrons. The molecule has 2 aliphatic heterocycles. The number of fused-ring (bicyclic) bond motifs is 1. The van der Waals surface area contributed by atoms with Gasteiger partial charge in [0, 0.05) is 39.4 Å². The minimum atomic E-state index is -3.70. The predicted octanol–water partition coefficient (Wildman–Crippen LogP) is 1.04. The standard InChI is InChI=1S/C21H23N5O5S/c1-13(26-17-6-4-5-7-18(17)31-21(26)28)20(27)24-8-15-10-25(11-16(15)9-24)32(29,30)19-12-23(3)14(2)22-19/h4-7,12-13H,8-11H2,1-3H3/t13-/m1/s1. The van der Waals surface area contributed by atoms with Crippen molar-refractivity contribution in [3.63, 3.8) is 0 Å². The van der Waals surface area contributed by atoms with Gasteiger partial charge in [-0.05, 0) is 37.1 Å². The smallest absolute Gasteiger partial charge is 0.408 e. The number of nitrogens with zero attached hydrogens (tertiary/aromatic N) is 5. The van der Waals surface area contributed by atoms with E-state index in [0.717, 1.165) is 11.1 Å². The van der Waals surface area contributed by atoms with Crippen molar-refractivity contribution in [2.75, 3.05) is 26.2 Å². The van der Waals surface area contributed by atoms with E-state index < -0.39 is 21.8 Å². The summed E-state index contributed by atoms with van der Waals surface area (Å²) in [4.78, 5) is 31.3. The quantitative estimate of drug-likeness (QED) is 0.542. The van der Waals surface area contributed by atoms with E-state index in [1.807, 2.05) is 0 Å². The zero-order chi connectivity index (χ0) is 22.8. The van der Waals surface area contributed by atoms with Crippen LogP contribution in [0.25, 0.3) is 11.1 Å². The number of carbonyl (C=O) groups excluding carboxylic acids is 1. The Morgan fingerprint density at radius 1 is 1.12 bits per heavy atom. The zero-order valence-corrected chi connectivity index (χ0v) is 18.8. The predicted molar refractivity (Wildman–Crippen MR) is 115 cm³/mol. The highest BCUT2D eigenvalue weighted by molar-refractivity contribution is 7.89. The molecule has 0 radical (unpaired) electrons. The fourth-order valence-corrected chi connectivity index (χ4v) is 5.83. The third-order valence-electron chi connectivity index (χ3n) is 6.26. The van der Waals surface area contributed by atoms with Gasteiger partial charge >= 0.3 is 5.76 Å². The first-order valence-electron chi connectivity index (χ1n) is 10.3. The van der Waals surface area contributed by atoms with Crippen molar-refractivity contribution in [1.82, 2.24) is 23.3 Å². The van der Waals surface area contributed by atoms with Gasteiger partial charge in [-0.25, -0.2) is 18.2 Å². The van der Waals surface area contributed by atoms with Crippen LogP contribution in [0.4, 0.5) is 0 Å². The van der Waals surface area contributed by atoms with Crippen molar-refractivity contribution in [3.05, 3.63) is 58.0 Å². The summed E-state index contributed by atoms with van der Waals surface area (Å²) in [6, 6.07) is 6.25. The molecule has 0 bridgehead atoms.